The van der Waals surface area contributed by atoms with Crippen LogP contribution >= 0.6 is 11.3 Å². The summed E-state index contributed by atoms with van der Waals surface area (Å²) in [6.45, 7) is 12.4. The molecule has 2 nitrogen and oxygen atoms in total. The predicted octanol–water partition coefficient (Wildman–Crippen LogP) is 5.16. The molecule has 1 N–H and O–H groups in total. The third kappa shape index (κ3) is 5.54. The summed E-state index contributed by atoms with van der Waals surface area (Å²) in [7, 11) is 0. The number of aromatic nitrogens is 1. The van der Waals surface area contributed by atoms with Gasteiger partial charge in [0.2, 0.25) is 0 Å². The Morgan fingerprint density at radius 1 is 1.05 bits per heavy atom. The number of benzene rings is 1. The van der Waals surface area contributed by atoms with Crippen molar-refractivity contribution < 1.29 is 0 Å². The largest absolute Gasteiger partial charge is 0.311 e. The molecule has 0 aliphatic rings. The zero-order valence-electron chi connectivity index (χ0n) is 14.4. The molecule has 1 aromatic carbocycles. The van der Waals surface area contributed by atoms with Crippen LogP contribution in [0.1, 0.15) is 46.0 Å². The number of nitrogens with one attached hydrogen (secondary N) is 1. The van der Waals surface area contributed by atoms with Gasteiger partial charge < -0.3 is 5.32 Å². The van der Waals surface area contributed by atoms with E-state index in [4.69, 9.17) is 4.98 Å². The monoisotopic (exact) mass is 316 g/mol. The second kappa shape index (κ2) is 6.93. The molecule has 0 amide bonds. The lowest BCUT2D eigenvalue weighted by molar-refractivity contribution is 0.243. The summed E-state index contributed by atoms with van der Waals surface area (Å²) in [6, 6.07) is 10.4. The van der Waals surface area contributed by atoms with Crippen LogP contribution in [0, 0.1) is 5.41 Å². The smallest absolute Gasteiger partial charge is 0.0945 e. The molecule has 0 saturated carbocycles. The molecule has 0 atom stereocenters. The highest BCUT2D eigenvalue weighted by atomic mass is 32.1. The van der Waals surface area contributed by atoms with Crippen molar-refractivity contribution in [3.05, 3.63) is 40.7 Å². The molecular formula is C19H28N2S. The highest BCUT2D eigenvalue weighted by molar-refractivity contribution is 7.09. The fourth-order valence-corrected chi connectivity index (χ4v) is 3.87. The maximum atomic E-state index is 4.75. The van der Waals surface area contributed by atoms with E-state index in [-0.39, 0.29) is 5.54 Å². The van der Waals surface area contributed by atoms with Crippen LogP contribution < -0.4 is 5.32 Å². The molecule has 0 unspecified atom stereocenters. The molecule has 1 aromatic heterocycles. The van der Waals surface area contributed by atoms with Crippen LogP contribution in [0.3, 0.4) is 0 Å². The van der Waals surface area contributed by atoms with E-state index in [0.717, 1.165) is 25.1 Å². The zero-order chi connectivity index (χ0) is 16.2. The van der Waals surface area contributed by atoms with Crippen molar-refractivity contribution in [2.24, 2.45) is 5.41 Å². The quantitative estimate of drug-likeness (QED) is 0.796. The number of thiazole rings is 1. The Balaban J connectivity index is 1.87. The van der Waals surface area contributed by atoms with E-state index in [1.54, 1.807) is 11.3 Å². The average Bonchev–Trinajstić information content (AvgIpc) is 2.85. The number of rotatable bonds is 6. The molecule has 1 heterocycles. The van der Waals surface area contributed by atoms with Gasteiger partial charge in [0.05, 0.1) is 10.7 Å². The summed E-state index contributed by atoms with van der Waals surface area (Å²) in [6.07, 6.45) is 2.15. The number of nitrogens with zero attached hydrogens (tertiary/aromatic N) is 1. The molecule has 0 saturated heterocycles. The number of hydrogen-bond donors (Lipinski definition) is 1. The lowest BCUT2D eigenvalue weighted by Crippen LogP contribution is -2.43. The number of hydrogen-bond acceptors (Lipinski definition) is 3. The van der Waals surface area contributed by atoms with Crippen molar-refractivity contribution in [1.82, 2.24) is 10.3 Å². The van der Waals surface area contributed by atoms with E-state index >= 15 is 0 Å². The summed E-state index contributed by atoms with van der Waals surface area (Å²) in [5.41, 5.74) is 2.80. The first-order chi connectivity index (χ1) is 10.3. The Morgan fingerprint density at radius 2 is 1.73 bits per heavy atom. The van der Waals surface area contributed by atoms with E-state index in [0.29, 0.717) is 5.41 Å². The third-order valence-corrected chi connectivity index (χ3v) is 4.44. The first-order valence-corrected chi connectivity index (χ1v) is 8.88. The summed E-state index contributed by atoms with van der Waals surface area (Å²) in [5, 5.41) is 7.04. The van der Waals surface area contributed by atoms with Gasteiger partial charge in [-0.3, -0.25) is 0 Å². The molecule has 120 valence electrons. The predicted molar refractivity (Wildman–Crippen MR) is 97.4 cm³/mol. The van der Waals surface area contributed by atoms with Gasteiger partial charge in [-0.2, -0.15) is 0 Å². The minimum absolute atomic E-state index is 0.164. The van der Waals surface area contributed by atoms with Gasteiger partial charge in [0.1, 0.15) is 0 Å². The first kappa shape index (κ1) is 17.2. The highest BCUT2D eigenvalue weighted by Gasteiger charge is 2.24. The van der Waals surface area contributed by atoms with Crippen LogP contribution in [0.5, 0.6) is 0 Å². The Morgan fingerprint density at radius 3 is 2.36 bits per heavy atom. The van der Waals surface area contributed by atoms with E-state index in [1.807, 2.05) is 6.07 Å². The van der Waals surface area contributed by atoms with Crippen LogP contribution in [0.4, 0.5) is 0 Å². The molecule has 0 spiro atoms. The Bertz CT molecular complexity index is 579. The molecule has 22 heavy (non-hydrogen) atoms. The molecule has 0 fully saturated rings. The molecule has 2 aromatic rings. The lowest BCUT2D eigenvalue weighted by Gasteiger charge is -2.33. The summed E-state index contributed by atoms with van der Waals surface area (Å²) in [5.74, 6) is 0. The van der Waals surface area contributed by atoms with Gasteiger partial charge >= 0.3 is 0 Å². The van der Waals surface area contributed by atoms with Gasteiger partial charge in [0, 0.05) is 29.4 Å². The zero-order valence-corrected chi connectivity index (χ0v) is 15.3. The normalized spacial score (nSPS) is 12.6. The van der Waals surface area contributed by atoms with Crippen molar-refractivity contribution in [2.75, 3.05) is 6.54 Å². The van der Waals surface area contributed by atoms with Crippen molar-refractivity contribution in [3.63, 3.8) is 0 Å². The maximum absolute atomic E-state index is 4.75. The van der Waals surface area contributed by atoms with Crippen molar-refractivity contribution >= 4 is 11.3 Å². The molecule has 0 bridgehead atoms. The average molecular weight is 317 g/mol. The minimum atomic E-state index is 0.164. The van der Waals surface area contributed by atoms with Gasteiger partial charge in [-0.15, -0.1) is 11.3 Å². The minimum Gasteiger partial charge on any atom is -0.311 e. The van der Waals surface area contributed by atoms with Crippen LogP contribution in [0.15, 0.2) is 35.7 Å². The van der Waals surface area contributed by atoms with Crippen molar-refractivity contribution in [2.45, 2.75) is 53.0 Å². The second-order valence-corrected chi connectivity index (χ2v) is 8.73. The molecule has 0 aliphatic carbocycles. The SMILES string of the molecule is CC(C)(C)CC(C)(C)NCCc1nc(-c2ccccc2)cs1. The van der Waals surface area contributed by atoms with Crippen molar-refractivity contribution in [3.8, 4) is 11.3 Å². The molecule has 3 heteroatoms. The standard InChI is InChI=1S/C19H28N2S/c1-18(2,3)14-19(4,5)20-12-11-17-21-16(13-22-17)15-9-7-6-8-10-15/h6-10,13,20H,11-12,14H2,1-5H3. The molecule has 0 radical (unpaired) electrons. The van der Waals surface area contributed by atoms with Gasteiger partial charge in [-0.1, -0.05) is 51.1 Å². The lowest BCUT2D eigenvalue weighted by atomic mass is 9.82. The van der Waals surface area contributed by atoms with Crippen LogP contribution in [-0.4, -0.2) is 17.1 Å². The van der Waals surface area contributed by atoms with Crippen LogP contribution in [0.25, 0.3) is 11.3 Å². The summed E-state index contributed by atoms with van der Waals surface area (Å²) < 4.78 is 0. The highest BCUT2D eigenvalue weighted by Crippen LogP contribution is 2.27. The molecule has 2 rings (SSSR count). The summed E-state index contributed by atoms with van der Waals surface area (Å²) in [4.78, 5) is 4.75. The van der Waals surface area contributed by atoms with E-state index in [1.165, 1.54) is 10.6 Å². The third-order valence-electron chi connectivity index (χ3n) is 3.54. The van der Waals surface area contributed by atoms with Crippen molar-refractivity contribution in [1.29, 1.82) is 0 Å². The van der Waals surface area contributed by atoms with E-state index in [2.05, 4.69) is 69.6 Å². The topological polar surface area (TPSA) is 24.9 Å². The van der Waals surface area contributed by atoms with Gasteiger partial charge in [0.15, 0.2) is 0 Å². The van der Waals surface area contributed by atoms with Gasteiger partial charge in [-0.25, -0.2) is 4.98 Å². The van der Waals surface area contributed by atoms with E-state index < -0.39 is 0 Å². The van der Waals surface area contributed by atoms with Crippen LogP contribution in [-0.2, 0) is 6.42 Å². The van der Waals surface area contributed by atoms with Crippen LogP contribution in [0.2, 0.25) is 0 Å². The van der Waals surface area contributed by atoms with E-state index in [9.17, 15) is 0 Å². The summed E-state index contributed by atoms with van der Waals surface area (Å²) >= 11 is 1.76. The molecule has 0 aliphatic heterocycles. The fraction of sp³-hybridized carbons (Fsp3) is 0.526. The Hall–Kier alpha value is -1.19. The first-order valence-electron chi connectivity index (χ1n) is 8.00. The second-order valence-electron chi connectivity index (χ2n) is 7.79. The fourth-order valence-electron chi connectivity index (χ4n) is 3.06. The van der Waals surface area contributed by atoms with Gasteiger partial charge in [-0.05, 0) is 25.7 Å². The van der Waals surface area contributed by atoms with Gasteiger partial charge in [0.25, 0.3) is 0 Å². The molecular weight excluding hydrogens is 288 g/mol. The Labute approximate surface area is 139 Å². The maximum Gasteiger partial charge on any atom is 0.0945 e. The Kier molecular flexibility index (Phi) is 5.41.